The molecule has 0 saturated carbocycles. The standard InChI is InChI=1S/C15H20N2.C14H10NO2.Ir/c1-12(2)14-5-7-15(8-6-14)17-10-9-16(11-17)13(3)4;16-9-10-4-3-5-11(8-10)14-12-6-1-2-7-13(12)17-15-14;/h5-7,9-13H,1-4H3;1-4,6-8,16H,9H2;/q-2;-1;+3. The molecule has 0 radical (unpaired) electrons. The van der Waals surface area contributed by atoms with E-state index in [-0.39, 0.29) is 26.7 Å². The van der Waals surface area contributed by atoms with Gasteiger partial charge in [-0.2, -0.15) is 30.4 Å². The van der Waals surface area contributed by atoms with E-state index < -0.39 is 0 Å². The maximum Gasteiger partial charge on any atom is 3.00 e. The van der Waals surface area contributed by atoms with Crippen LogP contribution in [0.4, 0.5) is 5.69 Å². The molecule has 1 N–H and O–H groups in total. The third-order valence-electron chi connectivity index (χ3n) is 5.70. The molecule has 0 unspecified atom stereocenters. The van der Waals surface area contributed by atoms with Crippen LogP contribution in [0.3, 0.4) is 0 Å². The average Bonchev–Trinajstić information content (AvgIpc) is 3.53. The van der Waals surface area contributed by atoms with Crippen molar-refractivity contribution in [2.45, 2.75) is 46.3 Å². The summed E-state index contributed by atoms with van der Waals surface area (Å²) in [5.74, 6) is 0.561. The summed E-state index contributed by atoms with van der Waals surface area (Å²) in [7, 11) is 0. The zero-order chi connectivity index (χ0) is 24.1. The van der Waals surface area contributed by atoms with E-state index in [1.807, 2.05) is 36.4 Å². The SMILES string of the molecule is CC(C)c1c[c-]c(N2C=CN(C(C)C)[CH-]2)cc1.OCc1cc[c-]c(-c2noc3ccccc23)c1.[Ir+3]. The monoisotopic (exact) mass is 645 g/mol. The van der Waals surface area contributed by atoms with Gasteiger partial charge in [-0.1, -0.05) is 38.0 Å². The Bertz CT molecular complexity index is 1250. The number of aromatic nitrogens is 1. The van der Waals surface area contributed by atoms with Crippen molar-refractivity contribution in [3.05, 3.63) is 103 Å². The molecule has 35 heavy (non-hydrogen) atoms. The minimum absolute atomic E-state index is 0. The Morgan fingerprint density at radius 1 is 1.03 bits per heavy atom. The van der Waals surface area contributed by atoms with Gasteiger partial charge in [0.25, 0.3) is 0 Å². The first-order valence-corrected chi connectivity index (χ1v) is 11.5. The van der Waals surface area contributed by atoms with Gasteiger partial charge in [0.1, 0.15) is 0 Å². The van der Waals surface area contributed by atoms with Gasteiger partial charge in [-0.15, -0.1) is 52.3 Å². The van der Waals surface area contributed by atoms with Gasteiger partial charge in [0.2, 0.25) is 0 Å². The molecule has 3 aromatic carbocycles. The smallest absolute Gasteiger partial charge is 0.506 e. The predicted octanol–water partition coefficient (Wildman–Crippen LogP) is 6.52. The number of benzene rings is 3. The van der Waals surface area contributed by atoms with Crippen molar-refractivity contribution in [2.75, 3.05) is 4.90 Å². The van der Waals surface area contributed by atoms with Crippen molar-refractivity contribution in [3.8, 4) is 11.3 Å². The van der Waals surface area contributed by atoms with Gasteiger partial charge in [-0.25, -0.2) is 0 Å². The maximum absolute atomic E-state index is 9.12. The Hall–Kier alpha value is -2.92. The number of aliphatic hydroxyl groups is 1. The van der Waals surface area contributed by atoms with Crippen molar-refractivity contribution in [1.29, 1.82) is 0 Å². The number of fused-ring (bicyclic) bond motifs is 1. The zero-order valence-corrected chi connectivity index (χ0v) is 22.8. The van der Waals surface area contributed by atoms with Crippen LogP contribution in [0.5, 0.6) is 0 Å². The van der Waals surface area contributed by atoms with E-state index in [1.165, 1.54) is 5.56 Å². The second-order valence-electron chi connectivity index (χ2n) is 8.82. The number of anilines is 1. The largest absolute Gasteiger partial charge is 3.00 e. The van der Waals surface area contributed by atoms with Gasteiger partial charge < -0.3 is 19.4 Å². The summed E-state index contributed by atoms with van der Waals surface area (Å²) in [5, 5.41) is 14.1. The van der Waals surface area contributed by atoms with Crippen LogP contribution >= 0.6 is 0 Å². The molecule has 6 heteroatoms. The summed E-state index contributed by atoms with van der Waals surface area (Å²) in [6.45, 7) is 10.9. The number of aliphatic hydroxyl groups excluding tert-OH is 1. The van der Waals surface area contributed by atoms with Crippen molar-refractivity contribution in [3.63, 3.8) is 0 Å². The molecular weight excluding hydrogens is 615 g/mol. The number of para-hydroxylation sites is 1. The van der Waals surface area contributed by atoms with Gasteiger partial charge in [-0.05, 0) is 38.4 Å². The number of hydrogen-bond acceptors (Lipinski definition) is 5. The van der Waals surface area contributed by atoms with Crippen molar-refractivity contribution in [2.24, 2.45) is 0 Å². The molecule has 2 heterocycles. The first-order valence-electron chi connectivity index (χ1n) is 11.5. The molecule has 5 rings (SSSR count). The summed E-state index contributed by atoms with van der Waals surface area (Å²) < 4.78 is 5.24. The molecule has 1 aliphatic rings. The maximum atomic E-state index is 9.12. The van der Waals surface area contributed by atoms with Crippen LogP contribution in [0.15, 0.2) is 77.6 Å². The zero-order valence-electron chi connectivity index (χ0n) is 20.4. The fourth-order valence-corrected chi connectivity index (χ4v) is 3.59. The summed E-state index contributed by atoms with van der Waals surface area (Å²) in [4.78, 5) is 4.29. The van der Waals surface area contributed by atoms with Gasteiger partial charge in [0, 0.05) is 11.1 Å². The molecule has 0 fully saturated rings. The molecule has 0 bridgehead atoms. The van der Waals surface area contributed by atoms with Crippen molar-refractivity contribution < 1.29 is 29.7 Å². The van der Waals surface area contributed by atoms with Crippen LogP contribution in [-0.4, -0.2) is 21.2 Å². The Morgan fingerprint density at radius 3 is 2.49 bits per heavy atom. The molecule has 4 aromatic rings. The second kappa shape index (κ2) is 12.2. The van der Waals surface area contributed by atoms with Crippen LogP contribution in [0.2, 0.25) is 0 Å². The first-order chi connectivity index (χ1) is 16.5. The quantitative estimate of drug-likeness (QED) is 0.251. The summed E-state index contributed by atoms with van der Waals surface area (Å²) in [6, 6.07) is 26.5. The predicted molar refractivity (Wildman–Crippen MR) is 136 cm³/mol. The average molecular weight is 645 g/mol. The minimum atomic E-state index is 0. The molecule has 0 spiro atoms. The number of nitrogens with zero attached hydrogens (tertiary/aromatic N) is 3. The molecule has 182 valence electrons. The minimum Gasteiger partial charge on any atom is -0.506 e. The fraction of sp³-hybridized carbons (Fsp3) is 0.241. The van der Waals surface area contributed by atoms with E-state index in [9.17, 15) is 0 Å². The van der Waals surface area contributed by atoms with E-state index in [4.69, 9.17) is 9.63 Å². The molecule has 5 nitrogen and oxygen atoms in total. The Balaban J connectivity index is 0.000000190. The third kappa shape index (κ3) is 6.40. The van der Waals surface area contributed by atoms with Gasteiger partial charge >= 0.3 is 20.1 Å². The van der Waals surface area contributed by atoms with E-state index in [0.29, 0.717) is 12.0 Å². The number of hydrogen-bond donors (Lipinski definition) is 1. The number of rotatable bonds is 5. The molecule has 0 aliphatic carbocycles. The Kier molecular flexibility index (Phi) is 9.27. The molecule has 0 atom stereocenters. The van der Waals surface area contributed by atoms with E-state index >= 15 is 0 Å². The molecule has 0 amide bonds. The Morgan fingerprint density at radius 2 is 1.83 bits per heavy atom. The topological polar surface area (TPSA) is 52.7 Å². The van der Waals surface area contributed by atoms with E-state index in [1.54, 1.807) is 6.07 Å². The van der Waals surface area contributed by atoms with Gasteiger partial charge in [0.15, 0.2) is 5.58 Å². The van der Waals surface area contributed by atoms with Crippen LogP contribution < -0.4 is 4.90 Å². The van der Waals surface area contributed by atoms with Crippen molar-refractivity contribution >= 4 is 16.7 Å². The molecule has 1 aromatic heterocycles. The molecule has 0 saturated heterocycles. The molecular formula is C29H30IrN3O2. The fourth-order valence-electron chi connectivity index (χ4n) is 3.59. The van der Waals surface area contributed by atoms with Crippen LogP contribution in [0, 0.1) is 18.8 Å². The van der Waals surface area contributed by atoms with Crippen molar-refractivity contribution in [1.82, 2.24) is 10.1 Å². The Labute approximate surface area is 221 Å². The summed E-state index contributed by atoms with van der Waals surface area (Å²) in [6.07, 6.45) is 4.16. The second-order valence-corrected chi connectivity index (χ2v) is 8.82. The third-order valence-corrected chi connectivity index (χ3v) is 5.70. The van der Waals surface area contributed by atoms with Gasteiger partial charge in [0.05, 0.1) is 6.61 Å². The van der Waals surface area contributed by atoms with Gasteiger partial charge in [-0.3, -0.25) is 0 Å². The molecule has 1 aliphatic heterocycles. The summed E-state index contributed by atoms with van der Waals surface area (Å²) in [5.41, 5.74) is 5.61. The normalized spacial score (nSPS) is 12.8. The van der Waals surface area contributed by atoms with Crippen LogP contribution in [0.25, 0.3) is 22.2 Å². The first kappa shape index (κ1) is 26.7. The summed E-state index contributed by atoms with van der Waals surface area (Å²) >= 11 is 0. The van der Waals surface area contributed by atoms with E-state index in [0.717, 1.165) is 33.5 Å². The van der Waals surface area contributed by atoms with Crippen LogP contribution in [-0.2, 0) is 26.7 Å². The van der Waals surface area contributed by atoms with E-state index in [2.05, 4.69) is 92.1 Å². The van der Waals surface area contributed by atoms with Crippen LogP contribution in [0.1, 0.15) is 44.7 Å².